The zero-order valence-electron chi connectivity index (χ0n) is 11.5. The van der Waals surface area contributed by atoms with Crippen molar-refractivity contribution in [2.75, 3.05) is 43.1 Å². The van der Waals surface area contributed by atoms with Gasteiger partial charge in [-0.2, -0.15) is 11.8 Å². The molecule has 1 amide bonds. The van der Waals surface area contributed by atoms with E-state index in [1.54, 1.807) is 0 Å². The van der Waals surface area contributed by atoms with Gasteiger partial charge >= 0.3 is 0 Å². The van der Waals surface area contributed by atoms with E-state index in [0.717, 1.165) is 11.3 Å². The van der Waals surface area contributed by atoms with Crippen molar-refractivity contribution < 1.29 is 9.53 Å². The van der Waals surface area contributed by atoms with E-state index in [1.807, 2.05) is 40.9 Å². The van der Waals surface area contributed by atoms with Crippen LogP contribution < -0.4 is 5.32 Å². The Hall–Kier alpha value is -1.20. The second-order valence-electron chi connectivity index (χ2n) is 5.19. The summed E-state index contributed by atoms with van der Waals surface area (Å²) in [6.45, 7) is 2.67. The molecule has 2 aliphatic rings. The van der Waals surface area contributed by atoms with Crippen molar-refractivity contribution in [1.82, 2.24) is 4.90 Å². The van der Waals surface area contributed by atoms with Gasteiger partial charge < -0.3 is 15.0 Å². The quantitative estimate of drug-likeness (QED) is 0.926. The minimum Gasteiger partial charge on any atom is -0.381 e. The summed E-state index contributed by atoms with van der Waals surface area (Å²) in [5.41, 5.74) is 1.87. The predicted octanol–water partition coefficient (Wildman–Crippen LogP) is 2.08. The van der Waals surface area contributed by atoms with Gasteiger partial charge in [0, 0.05) is 36.1 Å². The maximum Gasteiger partial charge on any atom is 0.254 e. The maximum atomic E-state index is 12.3. The third kappa shape index (κ3) is 3.27. The van der Waals surface area contributed by atoms with E-state index >= 15 is 0 Å². The number of nitrogens with zero attached hydrogens (tertiary/aromatic N) is 1. The lowest BCUT2D eigenvalue weighted by Gasteiger charge is -2.27. The van der Waals surface area contributed by atoms with Crippen LogP contribution in [0.2, 0.25) is 0 Å². The average Bonchev–Trinajstić information content (AvgIpc) is 3.01. The molecule has 0 radical (unpaired) electrons. The highest BCUT2D eigenvalue weighted by molar-refractivity contribution is 7.99. The van der Waals surface area contributed by atoms with Crippen LogP contribution in [0.5, 0.6) is 0 Å². The summed E-state index contributed by atoms with van der Waals surface area (Å²) in [6, 6.07) is 8.43. The van der Waals surface area contributed by atoms with Gasteiger partial charge in [0.15, 0.2) is 0 Å². The van der Waals surface area contributed by atoms with Gasteiger partial charge in [-0.1, -0.05) is 0 Å². The Kier molecular flexibility index (Phi) is 4.47. The van der Waals surface area contributed by atoms with Crippen LogP contribution in [0, 0.1) is 0 Å². The van der Waals surface area contributed by atoms with E-state index in [0.29, 0.717) is 32.3 Å². The fourth-order valence-electron chi connectivity index (χ4n) is 2.54. The molecule has 0 aromatic heterocycles. The zero-order valence-corrected chi connectivity index (χ0v) is 12.3. The highest BCUT2D eigenvalue weighted by Gasteiger charge is 2.19. The number of amides is 1. The number of carbonyl (C=O) groups excluding carboxylic acids is 1. The summed E-state index contributed by atoms with van der Waals surface area (Å²) in [5.74, 6) is 2.52. The van der Waals surface area contributed by atoms with Crippen molar-refractivity contribution >= 4 is 23.4 Å². The molecule has 2 heterocycles. The molecule has 1 atom stereocenters. The van der Waals surface area contributed by atoms with Crippen LogP contribution >= 0.6 is 11.8 Å². The first kappa shape index (κ1) is 13.8. The first-order chi connectivity index (χ1) is 9.83. The summed E-state index contributed by atoms with van der Waals surface area (Å²) in [7, 11) is 0. The number of hydrogen-bond acceptors (Lipinski definition) is 4. The third-order valence-electron chi connectivity index (χ3n) is 3.73. The first-order valence-corrected chi connectivity index (χ1v) is 8.30. The smallest absolute Gasteiger partial charge is 0.254 e. The summed E-state index contributed by atoms with van der Waals surface area (Å²) in [4.78, 5) is 14.2. The molecule has 20 heavy (non-hydrogen) atoms. The Morgan fingerprint density at radius 1 is 1.25 bits per heavy atom. The van der Waals surface area contributed by atoms with Crippen molar-refractivity contribution in [3.05, 3.63) is 29.8 Å². The van der Waals surface area contributed by atoms with Gasteiger partial charge in [0.2, 0.25) is 0 Å². The molecule has 1 unspecified atom stereocenters. The van der Waals surface area contributed by atoms with Gasteiger partial charge in [0.1, 0.15) is 0 Å². The molecule has 0 aliphatic carbocycles. The van der Waals surface area contributed by atoms with Gasteiger partial charge in [-0.15, -0.1) is 0 Å². The standard InChI is InChI=1S/C15H20N2O2S/c18-15(17-6-8-19-9-7-17)12-1-3-13(4-2-12)16-14-5-10-20-11-14/h1-4,14,16H,5-11H2. The lowest BCUT2D eigenvalue weighted by atomic mass is 10.1. The van der Waals surface area contributed by atoms with Gasteiger partial charge in [0.25, 0.3) is 5.91 Å². The van der Waals surface area contributed by atoms with E-state index in [4.69, 9.17) is 4.74 Å². The van der Waals surface area contributed by atoms with Crippen LogP contribution in [0.4, 0.5) is 5.69 Å². The van der Waals surface area contributed by atoms with Gasteiger partial charge in [-0.25, -0.2) is 0 Å². The van der Waals surface area contributed by atoms with Crippen molar-refractivity contribution in [3.63, 3.8) is 0 Å². The molecule has 2 saturated heterocycles. The van der Waals surface area contributed by atoms with Gasteiger partial charge in [-0.3, -0.25) is 4.79 Å². The molecule has 4 nitrogen and oxygen atoms in total. The Morgan fingerprint density at radius 2 is 2.00 bits per heavy atom. The Labute approximate surface area is 123 Å². The topological polar surface area (TPSA) is 41.6 Å². The number of benzene rings is 1. The van der Waals surface area contributed by atoms with Crippen molar-refractivity contribution in [1.29, 1.82) is 0 Å². The lowest BCUT2D eigenvalue weighted by Crippen LogP contribution is -2.40. The lowest BCUT2D eigenvalue weighted by molar-refractivity contribution is 0.0303. The summed E-state index contributed by atoms with van der Waals surface area (Å²) in [5, 5.41) is 3.52. The number of morpholine rings is 1. The average molecular weight is 292 g/mol. The van der Waals surface area contributed by atoms with Crippen LogP contribution in [-0.4, -0.2) is 54.7 Å². The molecule has 0 saturated carbocycles. The fraction of sp³-hybridized carbons (Fsp3) is 0.533. The molecular weight excluding hydrogens is 272 g/mol. The van der Waals surface area contributed by atoms with E-state index in [1.165, 1.54) is 17.9 Å². The number of carbonyl (C=O) groups is 1. The van der Waals surface area contributed by atoms with Gasteiger partial charge in [0.05, 0.1) is 13.2 Å². The molecule has 1 aromatic carbocycles. The minimum atomic E-state index is 0.108. The third-order valence-corrected chi connectivity index (χ3v) is 4.89. The number of nitrogens with one attached hydrogen (secondary N) is 1. The number of ether oxygens (including phenoxy) is 1. The molecule has 2 aliphatic heterocycles. The Bertz CT molecular complexity index is 451. The van der Waals surface area contributed by atoms with Crippen LogP contribution in [0.25, 0.3) is 0 Å². The summed E-state index contributed by atoms with van der Waals surface area (Å²) < 4.78 is 5.27. The van der Waals surface area contributed by atoms with Crippen LogP contribution in [0.1, 0.15) is 16.8 Å². The second-order valence-corrected chi connectivity index (χ2v) is 6.34. The fourth-order valence-corrected chi connectivity index (χ4v) is 3.69. The molecular formula is C15H20N2O2S. The molecule has 1 aromatic rings. The summed E-state index contributed by atoms with van der Waals surface area (Å²) >= 11 is 1.99. The highest BCUT2D eigenvalue weighted by atomic mass is 32.2. The zero-order chi connectivity index (χ0) is 13.8. The molecule has 108 valence electrons. The van der Waals surface area contributed by atoms with E-state index in [2.05, 4.69) is 5.32 Å². The molecule has 1 N–H and O–H groups in total. The molecule has 0 bridgehead atoms. The molecule has 5 heteroatoms. The van der Waals surface area contributed by atoms with Gasteiger partial charge in [-0.05, 0) is 36.4 Å². The number of thioether (sulfide) groups is 1. The number of anilines is 1. The Morgan fingerprint density at radius 3 is 2.65 bits per heavy atom. The maximum absolute atomic E-state index is 12.3. The number of rotatable bonds is 3. The van der Waals surface area contributed by atoms with E-state index in [-0.39, 0.29) is 5.91 Å². The van der Waals surface area contributed by atoms with Crippen molar-refractivity contribution in [2.24, 2.45) is 0 Å². The van der Waals surface area contributed by atoms with E-state index < -0.39 is 0 Å². The van der Waals surface area contributed by atoms with Crippen molar-refractivity contribution in [2.45, 2.75) is 12.5 Å². The summed E-state index contributed by atoms with van der Waals surface area (Å²) in [6.07, 6.45) is 1.22. The normalized spacial score (nSPS) is 22.8. The monoisotopic (exact) mass is 292 g/mol. The first-order valence-electron chi connectivity index (χ1n) is 7.14. The predicted molar refractivity (Wildman–Crippen MR) is 82.5 cm³/mol. The van der Waals surface area contributed by atoms with Crippen LogP contribution in [0.15, 0.2) is 24.3 Å². The van der Waals surface area contributed by atoms with Crippen molar-refractivity contribution in [3.8, 4) is 0 Å². The SMILES string of the molecule is O=C(c1ccc(NC2CCSC2)cc1)N1CCOCC1. The highest BCUT2D eigenvalue weighted by Crippen LogP contribution is 2.21. The molecule has 0 spiro atoms. The minimum absolute atomic E-state index is 0.108. The molecule has 3 rings (SSSR count). The molecule has 2 fully saturated rings. The van der Waals surface area contributed by atoms with Crippen LogP contribution in [-0.2, 0) is 4.74 Å². The number of hydrogen-bond donors (Lipinski definition) is 1. The second kappa shape index (κ2) is 6.50. The Balaban J connectivity index is 1.61. The van der Waals surface area contributed by atoms with Crippen LogP contribution in [0.3, 0.4) is 0 Å². The largest absolute Gasteiger partial charge is 0.381 e. The van der Waals surface area contributed by atoms with E-state index in [9.17, 15) is 4.79 Å².